The number of carbonyl (C=O) groups excluding carboxylic acids is 1. The molecule has 1 aromatic heterocycles. The number of rotatable bonds is 6. The topological polar surface area (TPSA) is 70.8 Å². The molecule has 2 aromatic rings. The van der Waals surface area contributed by atoms with E-state index in [9.17, 15) is 9.59 Å². The molecule has 0 aliphatic carbocycles. The lowest BCUT2D eigenvalue weighted by Crippen LogP contribution is -2.36. The van der Waals surface area contributed by atoms with Crippen LogP contribution in [-0.2, 0) is 11.3 Å². The van der Waals surface area contributed by atoms with Crippen molar-refractivity contribution in [2.75, 3.05) is 6.54 Å². The van der Waals surface area contributed by atoms with Crippen LogP contribution in [0.3, 0.4) is 0 Å². The molecule has 0 unspecified atom stereocenters. The first-order chi connectivity index (χ1) is 10.1. The summed E-state index contributed by atoms with van der Waals surface area (Å²) in [4.78, 5) is 24.9. The summed E-state index contributed by atoms with van der Waals surface area (Å²) in [6, 6.07) is 12.7. The van der Waals surface area contributed by atoms with Gasteiger partial charge in [-0.1, -0.05) is 37.3 Å². The Labute approximate surface area is 122 Å². The minimum atomic E-state index is -0.930. The van der Waals surface area contributed by atoms with Gasteiger partial charge < -0.3 is 14.4 Å². The molecule has 110 valence electrons. The molecule has 0 aliphatic heterocycles. The van der Waals surface area contributed by atoms with Crippen molar-refractivity contribution in [2.24, 2.45) is 5.92 Å². The van der Waals surface area contributed by atoms with Crippen molar-refractivity contribution in [1.29, 1.82) is 0 Å². The van der Waals surface area contributed by atoms with E-state index in [1.807, 2.05) is 30.3 Å². The lowest BCUT2D eigenvalue weighted by atomic mass is 10.1. The maximum absolute atomic E-state index is 12.4. The second-order valence-electron chi connectivity index (χ2n) is 4.89. The highest BCUT2D eigenvalue weighted by Gasteiger charge is 2.23. The zero-order chi connectivity index (χ0) is 15.2. The quantitative estimate of drug-likeness (QED) is 0.886. The monoisotopic (exact) mass is 287 g/mol. The number of carboxylic acids is 1. The van der Waals surface area contributed by atoms with Gasteiger partial charge in [0.1, 0.15) is 0 Å². The molecule has 0 saturated carbocycles. The Morgan fingerprint density at radius 1 is 1.19 bits per heavy atom. The largest absolute Gasteiger partial charge is 0.481 e. The highest BCUT2D eigenvalue weighted by Crippen LogP contribution is 2.13. The van der Waals surface area contributed by atoms with E-state index in [-0.39, 0.29) is 18.2 Å². The Morgan fingerprint density at radius 2 is 1.90 bits per heavy atom. The van der Waals surface area contributed by atoms with Gasteiger partial charge in [0.25, 0.3) is 5.91 Å². The van der Waals surface area contributed by atoms with Gasteiger partial charge in [-0.3, -0.25) is 9.59 Å². The summed E-state index contributed by atoms with van der Waals surface area (Å²) in [5.74, 6) is -1.67. The summed E-state index contributed by atoms with van der Waals surface area (Å²) in [7, 11) is 0. The zero-order valence-corrected chi connectivity index (χ0v) is 11.7. The van der Waals surface area contributed by atoms with Crippen LogP contribution in [0.5, 0.6) is 0 Å². The summed E-state index contributed by atoms with van der Waals surface area (Å²) >= 11 is 0. The van der Waals surface area contributed by atoms with E-state index in [1.54, 1.807) is 19.1 Å². The summed E-state index contributed by atoms with van der Waals surface area (Å²) in [6.45, 7) is 2.05. The number of carbonyl (C=O) groups is 2. The van der Waals surface area contributed by atoms with Gasteiger partial charge in [-0.2, -0.15) is 0 Å². The van der Waals surface area contributed by atoms with Crippen LogP contribution < -0.4 is 0 Å². The lowest BCUT2D eigenvalue weighted by molar-refractivity contribution is -0.141. The van der Waals surface area contributed by atoms with Crippen molar-refractivity contribution in [3.05, 3.63) is 60.1 Å². The number of nitrogens with zero attached hydrogens (tertiary/aromatic N) is 1. The molecule has 0 radical (unpaired) electrons. The summed E-state index contributed by atoms with van der Waals surface area (Å²) < 4.78 is 5.12. The number of hydrogen-bond acceptors (Lipinski definition) is 3. The molecule has 1 amide bonds. The second kappa shape index (κ2) is 6.74. The van der Waals surface area contributed by atoms with E-state index in [2.05, 4.69) is 0 Å². The number of benzene rings is 1. The van der Waals surface area contributed by atoms with Crippen molar-refractivity contribution < 1.29 is 19.1 Å². The van der Waals surface area contributed by atoms with Gasteiger partial charge in [-0.15, -0.1) is 0 Å². The molecule has 1 heterocycles. The maximum atomic E-state index is 12.4. The Bertz CT molecular complexity index is 592. The smallest absolute Gasteiger partial charge is 0.308 e. The molecule has 2 rings (SSSR count). The van der Waals surface area contributed by atoms with E-state index in [1.165, 1.54) is 11.2 Å². The van der Waals surface area contributed by atoms with Crippen LogP contribution in [0.2, 0.25) is 0 Å². The molecule has 21 heavy (non-hydrogen) atoms. The number of hydrogen-bond donors (Lipinski definition) is 1. The molecular weight excluding hydrogens is 270 g/mol. The van der Waals surface area contributed by atoms with Crippen molar-refractivity contribution in [3.8, 4) is 0 Å². The molecule has 0 bridgehead atoms. The Morgan fingerprint density at radius 3 is 2.48 bits per heavy atom. The van der Waals surface area contributed by atoms with Gasteiger partial charge in [-0.25, -0.2) is 0 Å². The third-order valence-electron chi connectivity index (χ3n) is 3.15. The first-order valence-corrected chi connectivity index (χ1v) is 6.67. The molecule has 0 aliphatic rings. The van der Waals surface area contributed by atoms with Crippen LogP contribution in [0, 0.1) is 5.92 Å². The van der Waals surface area contributed by atoms with E-state index in [0.717, 1.165) is 5.56 Å². The lowest BCUT2D eigenvalue weighted by Gasteiger charge is -2.23. The van der Waals surface area contributed by atoms with E-state index < -0.39 is 11.9 Å². The van der Waals surface area contributed by atoms with E-state index >= 15 is 0 Å². The standard InChI is InChI=1S/C16H17NO4/c1-12(16(19)20)10-17(11-13-6-3-2-4-7-13)15(18)14-8-5-9-21-14/h2-9,12H,10-11H2,1H3,(H,19,20)/t12-/m0/s1. The van der Waals surface area contributed by atoms with Crippen LogP contribution in [0.25, 0.3) is 0 Å². The van der Waals surface area contributed by atoms with Crippen LogP contribution in [0.1, 0.15) is 23.0 Å². The third kappa shape index (κ3) is 3.95. The first-order valence-electron chi connectivity index (χ1n) is 6.67. The molecule has 1 N–H and O–H groups in total. The molecule has 0 fully saturated rings. The van der Waals surface area contributed by atoms with Crippen LogP contribution in [0.15, 0.2) is 53.1 Å². The normalized spacial score (nSPS) is 11.9. The molecule has 0 saturated heterocycles. The molecule has 5 nitrogen and oxygen atoms in total. The SMILES string of the molecule is C[C@@H](CN(Cc1ccccc1)C(=O)c1ccco1)C(=O)O. The number of aliphatic carboxylic acids is 1. The number of furan rings is 1. The second-order valence-corrected chi connectivity index (χ2v) is 4.89. The van der Waals surface area contributed by atoms with Crippen molar-refractivity contribution in [3.63, 3.8) is 0 Å². The molecule has 1 atom stereocenters. The Hall–Kier alpha value is -2.56. The van der Waals surface area contributed by atoms with Crippen LogP contribution in [0.4, 0.5) is 0 Å². The minimum absolute atomic E-state index is 0.129. The maximum Gasteiger partial charge on any atom is 0.308 e. The highest BCUT2D eigenvalue weighted by atomic mass is 16.4. The van der Waals surface area contributed by atoms with Gasteiger partial charge in [-0.05, 0) is 17.7 Å². The Kier molecular flexibility index (Phi) is 4.77. The molecule has 0 spiro atoms. The van der Waals surface area contributed by atoms with E-state index in [4.69, 9.17) is 9.52 Å². The zero-order valence-electron chi connectivity index (χ0n) is 11.7. The summed E-state index contributed by atoms with van der Waals surface area (Å²) in [6.07, 6.45) is 1.43. The summed E-state index contributed by atoms with van der Waals surface area (Å²) in [5.41, 5.74) is 0.940. The molecular formula is C16H17NO4. The fourth-order valence-electron chi connectivity index (χ4n) is 1.99. The number of carboxylic acid groups (broad SMARTS) is 1. The van der Waals surface area contributed by atoms with Gasteiger partial charge in [0.2, 0.25) is 0 Å². The van der Waals surface area contributed by atoms with Gasteiger partial charge in [0.05, 0.1) is 12.2 Å². The van der Waals surface area contributed by atoms with Crippen molar-refractivity contribution >= 4 is 11.9 Å². The van der Waals surface area contributed by atoms with Gasteiger partial charge >= 0.3 is 5.97 Å². The average Bonchev–Trinajstić information content (AvgIpc) is 3.01. The van der Waals surface area contributed by atoms with Gasteiger partial charge in [0.15, 0.2) is 5.76 Å². The predicted molar refractivity (Wildman–Crippen MR) is 76.7 cm³/mol. The van der Waals surface area contributed by atoms with E-state index in [0.29, 0.717) is 6.54 Å². The minimum Gasteiger partial charge on any atom is -0.481 e. The van der Waals surface area contributed by atoms with Crippen molar-refractivity contribution in [1.82, 2.24) is 4.90 Å². The fraction of sp³-hybridized carbons (Fsp3) is 0.250. The van der Waals surface area contributed by atoms with Crippen molar-refractivity contribution in [2.45, 2.75) is 13.5 Å². The molecule has 5 heteroatoms. The summed E-state index contributed by atoms with van der Waals surface area (Å²) in [5, 5.41) is 9.05. The van der Waals surface area contributed by atoms with Crippen LogP contribution in [-0.4, -0.2) is 28.4 Å². The third-order valence-corrected chi connectivity index (χ3v) is 3.15. The molecule has 1 aromatic carbocycles. The van der Waals surface area contributed by atoms with Gasteiger partial charge in [0, 0.05) is 13.1 Å². The van der Waals surface area contributed by atoms with Crippen LogP contribution >= 0.6 is 0 Å². The first kappa shape index (κ1) is 14.8. The number of amides is 1. The Balaban J connectivity index is 2.17. The highest BCUT2D eigenvalue weighted by molar-refractivity contribution is 5.91. The fourth-order valence-corrected chi connectivity index (χ4v) is 1.99. The average molecular weight is 287 g/mol. The predicted octanol–water partition coefficient (Wildman–Crippen LogP) is 2.64.